The first-order chi connectivity index (χ1) is 8.50. The normalized spacial score (nSPS) is 10.8. The van der Waals surface area contributed by atoms with E-state index in [0.717, 1.165) is 20.8 Å². The molecular formula is C9H9LiN2O7S. The second kappa shape index (κ2) is 5.88. The van der Waals surface area contributed by atoms with Crippen LogP contribution in [0.15, 0.2) is 4.90 Å². The molecular weight excluding hydrogens is 287 g/mol. The van der Waals surface area contributed by atoms with E-state index in [1.165, 1.54) is 0 Å². The molecule has 0 saturated heterocycles. The number of hydrogen-bond donors (Lipinski definition) is 0. The Hall–Kier alpha value is -1.47. The van der Waals surface area contributed by atoms with Gasteiger partial charge in [-0.15, -0.1) is 0 Å². The zero-order valence-electron chi connectivity index (χ0n) is 11.2. The van der Waals surface area contributed by atoms with Gasteiger partial charge in [-0.25, -0.2) is 8.42 Å². The van der Waals surface area contributed by atoms with Gasteiger partial charge in [-0.2, -0.15) is 0 Å². The Morgan fingerprint density at radius 2 is 1.15 bits per heavy atom. The molecule has 0 radical (unpaired) electrons. The first-order valence-corrected chi connectivity index (χ1v) is 6.29. The number of nitro benzene ring substituents is 2. The molecule has 0 aliphatic heterocycles. The third kappa shape index (κ3) is 2.99. The van der Waals surface area contributed by atoms with E-state index in [0.29, 0.717) is 0 Å². The first kappa shape index (κ1) is 18.5. The van der Waals surface area contributed by atoms with Crippen LogP contribution in [-0.4, -0.2) is 22.8 Å². The maximum atomic E-state index is 11.1. The fourth-order valence-corrected chi connectivity index (χ4v) is 3.04. The average molecular weight is 296 g/mol. The monoisotopic (exact) mass is 296 g/mol. The van der Waals surface area contributed by atoms with Crippen molar-refractivity contribution in [3.8, 4) is 0 Å². The quantitative estimate of drug-likeness (QED) is 0.281. The van der Waals surface area contributed by atoms with E-state index in [-0.39, 0.29) is 35.6 Å². The van der Waals surface area contributed by atoms with Gasteiger partial charge in [-0.05, 0) is 20.8 Å². The Bertz CT molecular complexity index is 658. The zero-order valence-corrected chi connectivity index (χ0v) is 12.0. The third-order valence-corrected chi connectivity index (χ3v) is 3.83. The Labute approximate surface area is 126 Å². The molecule has 0 atom stereocenters. The molecule has 11 heteroatoms. The zero-order chi connectivity index (χ0) is 15.1. The summed E-state index contributed by atoms with van der Waals surface area (Å²) in [7, 11) is -5.05. The number of nitrogens with zero attached hydrogens (tertiary/aromatic N) is 2. The molecule has 1 aromatic carbocycles. The second-order valence-corrected chi connectivity index (χ2v) is 5.19. The molecule has 0 aliphatic rings. The molecule has 0 saturated carbocycles. The minimum atomic E-state index is -5.05. The molecule has 0 aliphatic carbocycles. The minimum absolute atomic E-state index is 0. The van der Waals surface area contributed by atoms with Crippen LogP contribution in [0.4, 0.5) is 11.4 Å². The molecule has 20 heavy (non-hydrogen) atoms. The molecule has 0 bridgehead atoms. The van der Waals surface area contributed by atoms with Crippen molar-refractivity contribution in [2.45, 2.75) is 25.7 Å². The topological polar surface area (TPSA) is 143 Å². The molecule has 0 N–H and O–H groups in total. The SMILES string of the molecule is Cc1c([N+](=O)[O-])c(C)c(S(=O)(=O)[O-])c(C)c1[N+](=O)[O-].[Li+]. The predicted molar refractivity (Wildman–Crippen MR) is 61.9 cm³/mol. The van der Waals surface area contributed by atoms with Gasteiger partial charge < -0.3 is 4.55 Å². The third-order valence-electron chi connectivity index (χ3n) is 2.72. The van der Waals surface area contributed by atoms with Gasteiger partial charge in [0, 0.05) is 11.1 Å². The van der Waals surface area contributed by atoms with E-state index in [1.807, 2.05) is 0 Å². The molecule has 0 fully saturated rings. The molecule has 0 spiro atoms. The average Bonchev–Trinajstić information content (AvgIpc) is 2.12. The van der Waals surface area contributed by atoms with Gasteiger partial charge in [-0.1, -0.05) is 0 Å². The number of nitro groups is 2. The van der Waals surface area contributed by atoms with Gasteiger partial charge in [0.05, 0.1) is 14.7 Å². The fraction of sp³-hybridized carbons (Fsp3) is 0.333. The van der Waals surface area contributed by atoms with Crippen molar-refractivity contribution in [1.82, 2.24) is 0 Å². The van der Waals surface area contributed by atoms with Crippen LogP contribution in [0.1, 0.15) is 16.7 Å². The molecule has 0 heterocycles. The number of benzene rings is 1. The Balaban J connectivity index is 0.00000361. The van der Waals surface area contributed by atoms with Gasteiger partial charge in [0.15, 0.2) is 0 Å². The van der Waals surface area contributed by atoms with Crippen LogP contribution in [0.3, 0.4) is 0 Å². The molecule has 9 nitrogen and oxygen atoms in total. The maximum Gasteiger partial charge on any atom is 1.00 e. The van der Waals surface area contributed by atoms with Crippen LogP contribution < -0.4 is 18.9 Å². The van der Waals surface area contributed by atoms with Crippen molar-refractivity contribution < 1.29 is 41.7 Å². The molecule has 1 aromatic rings. The van der Waals surface area contributed by atoms with Crippen molar-refractivity contribution in [2.24, 2.45) is 0 Å². The minimum Gasteiger partial charge on any atom is -0.744 e. The Kier molecular flexibility index (Phi) is 5.45. The van der Waals surface area contributed by atoms with Crippen molar-refractivity contribution in [3.05, 3.63) is 36.9 Å². The summed E-state index contributed by atoms with van der Waals surface area (Å²) in [6.45, 7) is 3.29. The van der Waals surface area contributed by atoms with Gasteiger partial charge >= 0.3 is 18.9 Å². The van der Waals surface area contributed by atoms with E-state index < -0.39 is 36.2 Å². The second-order valence-electron chi connectivity index (χ2n) is 3.87. The summed E-state index contributed by atoms with van der Waals surface area (Å²) < 4.78 is 33.4. The molecule has 0 aromatic heterocycles. The maximum absolute atomic E-state index is 11.1. The van der Waals surface area contributed by atoms with Gasteiger partial charge in [0.1, 0.15) is 15.7 Å². The molecule has 0 unspecified atom stereocenters. The van der Waals surface area contributed by atoms with E-state index in [1.54, 1.807) is 0 Å². The molecule has 1 rings (SSSR count). The predicted octanol–water partition coefficient (Wildman–Crippen LogP) is -1.66. The summed E-state index contributed by atoms with van der Waals surface area (Å²) in [5, 5.41) is 21.8. The van der Waals surface area contributed by atoms with Crippen LogP contribution >= 0.6 is 0 Å². The van der Waals surface area contributed by atoms with Gasteiger partial charge in [0.2, 0.25) is 0 Å². The summed E-state index contributed by atoms with van der Waals surface area (Å²) in [5.41, 5.74) is -2.52. The summed E-state index contributed by atoms with van der Waals surface area (Å²) in [6.07, 6.45) is 0. The van der Waals surface area contributed by atoms with E-state index >= 15 is 0 Å². The van der Waals surface area contributed by atoms with Crippen LogP contribution in [0.5, 0.6) is 0 Å². The van der Waals surface area contributed by atoms with Crippen molar-refractivity contribution in [2.75, 3.05) is 0 Å². The smallest absolute Gasteiger partial charge is 0.744 e. The van der Waals surface area contributed by atoms with E-state index in [9.17, 15) is 33.2 Å². The van der Waals surface area contributed by atoms with Crippen LogP contribution in [0.25, 0.3) is 0 Å². The van der Waals surface area contributed by atoms with Gasteiger partial charge in [-0.3, -0.25) is 20.2 Å². The number of hydrogen-bond acceptors (Lipinski definition) is 7. The molecule has 0 amide bonds. The fourth-order valence-electron chi connectivity index (χ4n) is 2.09. The first-order valence-electron chi connectivity index (χ1n) is 4.88. The largest absolute Gasteiger partial charge is 1.00 e. The van der Waals surface area contributed by atoms with Crippen molar-refractivity contribution in [1.29, 1.82) is 0 Å². The summed E-state index contributed by atoms with van der Waals surface area (Å²) in [6, 6.07) is 0. The summed E-state index contributed by atoms with van der Waals surface area (Å²) >= 11 is 0. The molecule has 104 valence electrons. The number of rotatable bonds is 3. The summed E-state index contributed by atoms with van der Waals surface area (Å²) in [4.78, 5) is 19.0. The Morgan fingerprint density at radius 3 is 1.35 bits per heavy atom. The summed E-state index contributed by atoms with van der Waals surface area (Å²) in [5.74, 6) is 0. The van der Waals surface area contributed by atoms with E-state index in [2.05, 4.69) is 0 Å². The van der Waals surface area contributed by atoms with Crippen molar-refractivity contribution in [3.63, 3.8) is 0 Å². The standard InChI is InChI=1S/C9H10N2O7S.Li/c1-4-7(10(12)13)5(2)9(19(16,17)18)6(3)8(4)11(14)15;/h1-3H3,(H,16,17,18);/q;+1/p-1. The van der Waals surface area contributed by atoms with Crippen LogP contribution in [0.2, 0.25) is 0 Å². The van der Waals surface area contributed by atoms with Crippen LogP contribution in [0, 0.1) is 41.0 Å². The van der Waals surface area contributed by atoms with Crippen molar-refractivity contribution >= 4 is 21.5 Å². The Morgan fingerprint density at radius 1 is 0.850 bits per heavy atom. The van der Waals surface area contributed by atoms with Crippen LogP contribution in [-0.2, 0) is 10.1 Å². The van der Waals surface area contributed by atoms with Gasteiger partial charge in [0.25, 0.3) is 11.4 Å². The van der Waals surface area contributed by atoms with E-state index in [4.69, 9.17) is 0 Å².